The fraction of sp³-hybridized carbons (Fsp3) is 0.370. The van der Waals surface area contributed by atoms with Crippen LogP contribution in [0.2, 0.25) is 0 Å². The molecular formula is C27H32N4O2. The van der Waals surface area contributed by atoms with Gasteiger partial charge in [-0.3, -0.25) is 9.59 Å². The maximum absolute atomic E-state index is 13.4. The van der Waals surface area contributed by atoms with Crippen LogP contribution < -0.4 is 0 Å². The highest BCUT2D eigenvalue weighted by Crippen LogP contribution is 2.24. The predicted octanol–water partition coefficient (Wildman–Crippen LogP) is 3.95. The fourth-order valence-electron chi connectivity index (χ4n) is 4.55. The molecule has 6 nitrogen and oxygen atoms in total. The van der Waals surface area contributed by atoms with Gasteiger partial charge in [0.05, 0.1) is 12.2 Å². The fourth-order valence-corrected chi connectivity index (χ4v) is 4.55. The van der Waals surface area contributed by atoms with Gasteiger partial charge in [0.2, 0.25) is 5.91 Å². The summed E-state index contributed by atoms with van der Waals surface area (Å²) in [7, 11) is 1.85. The Labute approximate surface area is 195 Å². The van der Waals surface area contributed by atoms with Crippen LogP contribution in [0.5, 0.6) is 0 Å². The average molecular weight is 445 g/mol. The van der Waals surface area contributed by atoms with Crippen LogP contribution in [0.3, 0.4) is 0 Å². The van der Waals surface area contributed by atoms with Crippen LogP contribution in [0.25, 0.3) is 11.1 Å². The second kappa shape index (κ2) is 10.0. The summed E-state index contributed by atoms with van der Waals surface area (Å²) in [6.45, 7) is 6.38. The van der Waals surface area contributed by atoms with Crippen molar-refractivity contribution in [2.24, 2.45) is 13.0 Å². The van der Waals surface area contributed by atoms with Gasteiger partial charge in [-0.05, 0) is 36.5 Å². The minimum absolute atomic E-state index is 0.111. The molecule has 1 aliphatic rings. The van der Waals surface area contributed by atoms with Crippen molar-refractivity contribution in [3.05, 3.63) is 77.9 Å². The first-order valence-electron chi connectivity index (χ1n) is 11.7. The van der Waals surface area contributed by atoms with E-state index < -0.39 is 0 Å². The minimum Gasteiger partial charge on any atom is -0.341 e. The van der Waals surface area contributed by atoms with Gasteiger partial charge < -0.3 is 14.4 Å². The number of hydrogen-bond acceptors (Lipinski definition) is 3. The summed E-state index contributed by atoms with van der Waals surface area (Å²) in [6.07, 6.45) is 4.87. The molecule has 1 fully saturated rings. The van der Waals surface area contributed by atoms with E-state index in [4.69, 9.17) is 0 Å². The SMILES string of the molecule is CCCN1CCN(C(=O)c2cn(C)cn2)CC(Cc2cccc(-c3cccc(C)c3)c2)C1=O. The van der Waals surface area contributed by atoms with Crippen LogP contribution in [-0.2, 0) is 18.3 Å². The van der Waals surface area contributed by atoms with Crippen molar-refractivity contribution in [1.82, 2.24) is 19.4 Å². The van der Waals surface area contributed by atoms with Crippen molar-refractivity contribution in [2.75, 3.05) is 26.2 Å². The Bertz CT molecular complexity index is 1140. The quantitative estimate of drug-likeness (QED) is 0.579. The van der Waals surface area contributed by atoms with Gasteiger partial charge in [-0.2, -0.15) is 0 Å². The molecule has 0 radical (unpaired) electrons. The second-order valence-electron chi connectivity index (χ2n) is 8.97. The number of hydrogen-bond donors (Lipinski definition) is 0. The van der Waals surface area contributed by atoms with E-state index in [0.29, 0.717) is 38.3 Å². The Balaban J connectivity index is 1.58. The number of carbonyl (C=O) groups excluding carboxylic acids is 2. The van der Waals surface area contributed by atoms with Crippen molar-refractivity contribution in [2.45, 2.75) is 26.7 Å². The van der Waals surface area contributed by atoms with E-state index in [1.54, 1.807) is 22.0 Å². The van der Waals surface area contributed by atoms with E-state index in [9.17, 15) is 9.59 Å². The summed E-state index contributed by atoms with van der Waals surface area (Å²) in [6, 6.07) is 16.8. The van der Waals surface area contributed by atoms with Gasteiger partial charge in [-0.15, -0.1) is 0 Å². The van der Waals surface area contributed by atoms with E-state index in [1.165, 1.54) is 11.1 Å². The van der Waals surface area contributed by atoms with Crippen LogP contribution in [0.1, 0.15) is 35.0 Å². The van der Waals surface area contributed by atoms with Gasteiger partial charge >= 0.3 is 0 Å². The van der Waals surface area contributed by atoms with Crippen molar-refractivity contribution < 1.29 is 9.59 Å². The lowest BCUT2D eigenvalue weighted by Crippen LogP contribution is -2.38. The first-order chi connectivity index (χ1) is 15.9. The molecule has 0 aliphatic carbocycles. The summed E-state index contributed by atoms with van der Waals surface area (Å²) in [4.78, 5) is 34.5. The monoisotopic (exact) mass is 444 g/mol. The maximum Gasteiger partial charge on any atom is 0.274 e. The smallest absolute Gasteiger partial charge is 0.274 e. The Hall–Kier alpha value is -3.41. The number of aromatic nitrogens is 2. The van der Waals surface area contributed by atoms with Gasteiger partial charge in [0.1, 0.15) is 5.69 Å². The summed E-state index contributed by atoms with van der Waals surface area (Å²) in [5, 5.41) is 0. The van der Waals surface area contributed by atoms with Crippen LogP contribution in [0.15, 0.2) is 61.1 Å². The third-order valence-corrected chi connectivity index (χ3v) is 6.21. The molecule has 1 aromatic heterocycles. The largest absolute Gasteiger partial charge is 0.341 e. The van der Waals surface area contributed by atoms with Gasteiger partial charge in [0, 0.05) is 39.4 Å². The Morgan fingerprint density at radius 2 is 1.85 bits per heavy atom. The highest BCUT2D eigenvalue weighted by atomic mass is 16.2. The van der Waals surface area contributed by atoms with E-state index in [2.05, 4.69) is 67.4 Å². The third kappa shape index (κ3) is 5.33. The maximum atomic E-state index is 13.4. The molecule has 2 heterocycles. The molecule has 172 valence electrons. The number of imidazole rings is 1. The first kappa shape index (κ1) is 22.8. The molecule has 1 unspecified atom stereocenters. The molecule has 0 spiro atoms. The first-order valence-corrected chi connectivity index (χ1v) is 11.7. The van der Waals surface area contributed by atoms with Crippen molar-refractivity contribution in [3.8, 4) is 11.1 Å². The van der Waals surface area contributed by atoms with Crippen LogP contribution in [-0.4, -0.2) is 57.3 Å². The van der Waals surface area contributed by atoms with E-state index in [0.717, 1.165) is 17.5 Å². The topological polar surface area (TPSA) is 58.4 Å². The molecule has 0 saturated carbocycles. The average Bonchev–Trinajstić information content (AvgIpc) is 3.19. The Morgan fingerprint density at radius 1 is 1.09 bits per heavy atom. The molecular weight excluding hydrogens is 412 g/mol. The zero-order valence-corrected chi connectivity index (χ0v) is 19.7. The van der Waals surface area contributed by atoms with Crippen molar-refractivity contribution >= 4 is 11.8 Å². The Kier molecular flexibility index (Phi) is 6.92. The van der Waals surface area contributed by atoms with E-state index in [-0.39, 0.29) is 17.7 Å². The number of benzene rings is 2. The van der Waals surface area contributed by atoms with Gasteiger partial charge in [-0.25, -0.2) is 4.98 Å². The van der Waals surface area contributed by atoms with Crippen molar-refractivity contribution in [3.63, 3.8) is 0 Å². The lowest BCUT2D eigenvalue weighted by atomic mass is 9.94. The van der Waals surface area contributed by atoms with Crippen LogP contribution >= 0.6 is 0 Å². The summed E-state index contributed by atoms with van der Waals surface area (Å²) in [5.74, 6) is -0.256. The molecule has 6 heteroatoms. The van der Waals surface area contributed by atoms with E-state index >= 15 is 0 Å². The normalized spacial score (nSPS) is 16.7. The molecule has 0 N–H and O–H groups in total. The lowest BCUT2D eigenvalue weighted by molar-refractivity contribution is -0.134. The van der Waals surface area contributed by atoms with Crippen molar-refractivity contribution in [1.29, 1.82) is 0 Å². The second-order valence-corrected chi connectivity index (χ2v) is 8.97. The molecule has 2 amide bonds. The third-order valence-electron chi connectivity index (χ3n) is 6.21. The molecule has 2 aromatic carbocycles. The summed E-state index contributed by atoms with van der Waals surface area (Å²) in [5.41, 5.74) is 5.06. The highest BCUT2D eigenvalue weighted by Gasteiger charge is 2.33. The number of amides is 2. The minimum atomic E-state index is -0.278. The summed E-state index contributed by atoms with van der Waals surface area (Å²) >= 11 is 0. The molecule has 3 aromatic rings. The molecule has 33 heavy (non-hydrogen) atoms. The molecule has 1 aliphatic heterocycles. The van der Waals surface area contributed by atoms with Crippen LogP contribution in [0, 0.1) is 12.8 Å². The van der Waals surface area contributed by atoms with Gasteiger partial charge in [0.15, 0.2) is 0 Å². The molecule has 4 rings (SSSR count). The molecule has 1 saturated heterocycles. The molecule has 1 atom stereocenters. The zero-order chi connectivity index (χ0) is 23.4. The zero-order valence-electron chi connectivity index (χ0n) is 19.7. The van der Waals surface area contributed by atoms with Crippen LogP contribution in [0.4, 0.5) is 0 Å². The van der Waals surface area contributed by atoms with E-state index in [1.807, 2.05) is 11.9 Å². The highest BCUT2D eigenvalue weighted by molar-refractivity contribution is 5.93. The number of nitrogens with zero attached hydrogens (tertiary/aromatic N) is 4. The predicted molar refractivity (Wildman–Crippen MR) is 130 cm³/mol. The lowest BCUT2D eigenvalue weighted by Gasteiger charge is -2.24. The molecule has 0 bridgehead atoms. The Morgan fingerprint density at radius 3 is 2.55 bits per heavy atom. The number of aryl methyl sites for hydroxylation is 2. The van der Waals surface area contributed by atoms with Gasteiger partial charge in [0.25, 0.3) is 5.91 Å². The number of rotatable bonds is 6. The number of carbonyl (C=O) groups is 2. The van der Waals surface area contributed by atoms with Gasteiger partial charge in [-0.1, -0.05) is 61.0 Å². The summed E-state index contributed by atoms with van der Waals surface area (Å²) < 4.78 is 1.77. The standard InChI is InChI=1S/C27H32N4O2/c1-4-11-30-12-13-31(27(33)25-18-29(3)19-28-25)17-24(26(30)32)16-21-8-6-10-23(15-21)22-9-5-7-20(2)14-22/h5-10,14-15,18-19,24H,4,11-13,16-17H2,1-3H3.